The summed E-state index contributed by atoms with van der Waals surface area (Å²) >= 11 is 0. The molecule has 0 unspecified atom stereocenters. The molecular weight excluding hydrogens is 332 g/mol. The Labute approximate surface area is 150 Å². The molecule has 0 spiro atoms. The molecule has 1 aromatic carbocycles. The van der Waals surface area contributed by atoms with E-state index < -0.39 is 0 Å². The van der Waals surface area contributed by atoms with E-state index in [0.29, 0.717) is 31.1 Å². The number of nitrogens with zero attached hydrogens (tertiary/aromatic N) is 6. The number of aryl methyl sites for hydroxylation is 2. The molecule has 1 saturated heterocycles. The maximum absolute atomic E-state index is 12.7. The van der Waals surface area contributed by atoms with Gasteiger partial charge in [-0.1, -0.05) is 35.5 Å². The molecule has 4 rings (SSSR count). The second kappa shape index (κ2) is 7.07. The Morgan fingerprint density at radius 2 is 2.15 bits per heavy atom. The summed E-state index contributed by atoms with van der Waals surface area (Å²) in [5.41, 5.74) is 0.903. The third-order valence-electron chi connectivity index (χ3n) is 4.70. The van der Waals surface area contributed by atoms with Gasteiger partial charge in [-0.05, 0) is 12.8 Å². The monoisotopic (exact) mass is 352 g/mol. The Balaban J connectivity index is 1.45. The second-order valence-electron chi connectivity index (χ2n) is 6.43. The molecule has 3 heterocycles. The lowest BCUT2D eigenvalue weighted by Gasteiger charge is -2.21. The standard InChI is InChI=1S/C18H20N6O2/c1-23-12-19-21-15(23)9-10-16(25)24-11-5-8-14(24)18-20-17(22-26-18)13-6-3-2-4-7-13/h2-4,6-7,12,14H,5,8-11H2,1H3/t14-/m0/s1. The van der Waals surface area contributed by atoms with Gasteiger partial charge in [0.2, 0.25) is 17.6 Å². The van der Waals surface area contributed by atoms with E-state index >= 15 is 0 Å². The second-order valence-corrected chi connectivity index (χ2v) is 6.43. The van der Waals surface area contributed by atoms with Gasteiger partial charge < -0.3 is 14.0 Å². The molecule has 1 aliphatic rings. The first-order valence-electron chi connectivity index (χ1n) is 8.74. The van der Waals surface area contributed by atoms with Gasteiger partial charge in [-0.3, -0.25) is 4.79 Å². The van der Waals surface area contributed by atoms with E-state index in [9.17, 15) is 4.79 Å². The first kappa shape index (κ1) is 16.4. The molecule has 1 atom stereocenters. The van der Waals surface area contributed by atoms with Crippen molar-refractivity contribution in [3.05, 3.63) is 48.4 Å². The summed E-state index contributed by atoms with van der Waals surface area (Å²) in [5.74, 6) is 1.94. The molecule has 1 aliphatic heterocycles. The molecular formula is C18H20N6O2. The van der Waals surface area contributed by atoms with Gasteiger partial charge in [0, 0.05) is 32.0 Å². The Bertz CT molecular complexity index is 888. The number of aromatic nitrogens is 5. The number of hydrogen-bond acceptors (Lipinski definition) is 6. The first-order valence-corrected chi connectivity index (χ1v) is 8.74. The largest absolute Gasteiger partial charge is 0.337 e. The maximum Gasteiger partial charge on any atom is 0.249 e. The summed E-state index contributed by atoms with van der Waals surface area (Å²) in [6, 6.07) is 9.54. The van der Waals surface area contributed by atoms with E-state index in [1.165, 1.54) is 0 Å². The van der Waals surface area contributed by atoms with Crippen LogP contribution in [0.15, 0.2) is 41.2 Å². The van der Waals surface area contributed by atoms with Crippen molar-refractivity contribution >= 4 is 5.91 Å². The van der Waals surface area contributed by atoms with Gasteiger partial charge in [0.15, 0.2) is 0 Å². The molecule has 1 amide bonds. The zero-order valence-corrected chi connectivity index (χ0v) is 14.6. The van der Waals surface area contributed by atoms with Crippen LogP contribution in [0.1, 0.15) is 37.0 Å². The summed E-state index contributed by atoms with van der Waals surface area (Å²) in [5, 5.41) is 12.0. The molecule has 3 aromatic rings. The van der Waals surface area contributed by atoms with Crippen LogP contribution in [0.2, 0.25) is 0 Å². The van der Waals surface area contributed by atoms with Crippen LogP contribution in [0.25, 0.3) is 11.4 Å². The molecule has 8 nitrogen and oxygen atoms in total. The molecule has 134 valence electrons. The van der Waals surface area contributed by atoms with Crippen molar-refractivity contribution in [1.29, 1.82) is 0 Å². The summed E-state index contributed by atoms with van der Waals surface area (Å²) in [7, 11) is 1.88. The van der Waals surface area contributed by atoms with Crippen molar-refractivity contribution in [2.45, 2.75) is 31.7 Å². The Morgan fingerprint density at radius 3 is 2.92 bits per heavy atom. The Morgan fingerprint density at radius 1 is 1.31 bits per heavy atom. The fourth-order valence-electron chi connectivity index (χ4n) is 3.29. The predicted octanol–water partition coefficient (Wildman–Crippen LogP) is 2.16. The zero-order valence-electron chi connectivity index (χ0n) is 14.6. The van der Waals surface area contributed by atoms with E-state index in [1.54, 1.807) is 6.33 Å². The highest BCUT2D eigenvalue weighted by molar-refractivity contribution is 5.77. The van der Waals surface area contributed by atoms with Crippen LogP contribution >= 0.6 is 0 Å². The number of hydrogen-bond donors (Lipinski definition) is 0. The normalized spacial score (nSPS) is 17.0. The van der Waals surface area contributed by atoms with E-state index in [2.05, 4.69) is 20.3 Å². The third-order valence-corrected chi connectivity index (χ3v) is 4.70. The maximum atomic E-state index is 12.7. The molecule has 0 saturated carbocycles. The van der Waals surface area contributed by atoms with Gasteiger partial charge >= 0.3 is 0 Å². The highest BCUT2D eigenvalue weighted by atomic mass is 16.5. The van der Waals surface area contributed by atoms with Crippen LogP contribution in [-0.4, -0.2) is 42.3 Å². The topological polar surface area (TPSA) is 89.9 Å². The first-order chi connectivity index (χ1) is 12.7. The molecule has 0 radical (unpaired) electrons. The fourth-order valence-corrected chi connectivity index (χ4v) is 3.29. The van der Waals surface area contributed by atoms with Crippen molar-refractivity contribution < 1.29 is 9.32 Å². The van der Waals surface area contributed by atoms with Gasteiger partial charge in [0.25, 0.3) is 0 Å². The number of likely N-dealkylation sites (tertiary alicyclic amines) is 1. The smallest absolute Gasteiger partial charge is 0.249 e. The minimum atomic E-state index is -0.146. The van der Waals surface area contributed by atoms with Crippen LogP contribution in [0.4, 0.5) is 0 Å². The highest BCUT2D eigenvalue weighted by Gasteiger charge is 2.33. The van der Waals surface area contributed by atoms with Crippen LogP contribution < -0.4 is 0 Å². The molecule has 2 aromatic heterocycles. The average molecular weight is 352 g/mol. The van der Waals surface area contributed by atoms with Crippen molar-refractivity contribution in [2.75, 3.05) is 6.54 Å². The average Bonchev–Trinajstić information content (AvgIpc) is 3.40. The van der Waals surface area contributed by atoms with Crippen LogP contribution in [0.5, 0.6) is 0 Å². The lowest BCUT2D eigenvalue weighted by molar-refractivity contribution is -0.132. The minimum absolute atomic E-state index is 0.0787. The molecule has 0 N–H and O–H groups in total. The van der Waals surface area contributed by atoms with Gasteiger partial charge in [0.1, 0.15) is 18.2 Å². The van der Waals surface area contributed by atoms with E-state index in [4.69, 9.17) is 4.52 Å². The van der Waals surface area contributed by atoms with E-state index in [1.807, 2.05) is 46.8 Å². The Hall–Kier alpha value is -3.03. The number of amides is 1. The van der Waals surface area contributed by atoms with Crippen LogP contribution in [0.3, 0.4) is 0 Å². The van der Waals surface area contributed by atoms with Gasteiger partial charge in [-0.15, -0.1) is 10.2 Å². The van der Waals surface area contributed by atoms with Gasteiger partial charge in [-0.25, -0.2) is 0 Å². The predicted molar refractivity (Wildman–Crippen MR) is 92.7 cm³/mol. The van der Waals surface area contributed by atoms with E-state index in [0.717, 1.165) is 24.2 Å². The zero-order chi connectivity index (χ0) is 17.9. The molecule has 0 bridgehead atoms. The number of benzene rings is 1. The molecule has 8 heteroatoms. The summed E-state index contributed by atoms with van der Waals surface area (Å²) in [6.45, 7) is 0.714. The Kier molecular flexibility index (Phi) is 4.47. The van der Waals surface area contributed by atoms with Crippen molar-refractivity contribution in [3.63, 3.8) is 0 Å². The molecule has 0 aliphatic carbocycles. The summed E-state index contributed by atoms with van der Waals surface area (Å²) < 4.78 is 7.30. The summed E-state index contributed by atoms with van der Waals surface area (Å²) in [6.07, 6.45) is 4.37. The SMILES string of the molecule is Cn1cnnc1CCC(=O)N1CCC[C@H]1c1nc(-c2ccccc2)no1. The van der Waals surface area contributed by atoms with Crippen LogP contribution in [-0.2, 0) is 18.3 Å². The third kappa shape index (κ3) is 3.22. The minimum Gasteiger partial charge on any atom is -0.337 e. The van der Waals surface area contributed by atoms with Gasteiger partial charge in [-0.2, -0.15) is 4.98 Å². The molecule has 1 fully saturated rings. The lowest BCUT2D eigenvalue weighted by atomic mass is 10.2. The number of carbonyl (C=O) groups excluding carboxylic acids is 1. The summed E-state index contributed by atoms with van der Waals surface area (Å²) in [4.78, 5) is 19.1. The highest BCUT2D eigenvalue weighted by Crippen LogP contribution is 2.32. The number of carbonyl (C=O) groups is 1. The van der Waals surface area contributed by atoms with Crippen molar-refractivity contribution in [2.24, 2.45) is 7.05 Å². The quantitative estimate of drug-likeness (QED) is 0.699. The lowest BCUT2D eigenvalue weighted by Crippen LogP contribution is -2.31. The van der Waals surface area contributed by atoms with Gasteiger partial charge in [0.05, 0.1) is 0 Å². The van der Waals surface area contributed by atoms with Crippen LogP contribution in [0, 0.1) is 0 Å². The fraction of sp³-hybridized carbons (Fsp3) is 0.389. The number of rotatable bonds is 5. The van der Waals surface area contributed by atoms with Crippen molar-refractivity contribution in [1.82, 2.24) is 29.8 Å². The van der Waals surface area contributed by atoms with E-state index in [-0.39, 0.29) is 11.9 Å². The van der Waals surface area contributed by atoms with Crippen molar-refractivity contribution in [3.8, 4) is 11.4 Å². The molecule has 26 heavy (non-hydrogen) atoms.